The average molecular weight is 331 g/mol. The number of aromatic nitrogens is 2. The molecule has 2 heterocycles. The zero-order valence-electron chi connectivity index (χ0n) is 10.9. The van der Waals surface area contributed by atoms with E-state index in [1.165, 1.54) is 0 Å². The SMILES string of the molecule is O=c1cc(C(F)(F)F)nc(CN2CCC(O)(C(F)(F)F)C2)[nH]1. The third-order valence-corrected chi connectivity index (χ3v) is 3.31. The molecule has 1 aromatic rings. The molecular formula is C11H11F6N3O2. The lowest BCUT2D eigenvalue weighted by Gasteiger charge is -2.25. The Balaban J connectivity index is 2.16. The normalized spacial score (nSPS) is 24.0. The summed E-state index contributed by atoms with van der Waals surface area (Å²) in [7, 11) is 0. The Morgan fingerprint density at radius 2 is 1.95 bits per heavy atom. The first-order chi connectivity index (χ1) is 9.91. The molecule has 1 unspecified atom stereocenters. The van der Waals surface area contributed by atoms with Crippen LogP contribution < -0.4 is 5.56 Å². The van der Waals surface area contributed by atoms with E-state index in [1.54, 1.807) is 0 Å². The minimum atomic E-state index is -4.84. The van der Waals surface area contributed by atoms with Gasteiger partial charge < -0.3 is 10.1 Å². The molecule has 0 radical (unpaired) electrons. The number of hydrogen-bond donors (Lipinski definition) is 2. The van der Waals surface area contributed by atoms with Crippen LogP contribution in [0.25, 0.3) is 0 Å². The van der Waals surface area contributed by atoms with Crippen LogP contribution in [0.5, 0.6) is 0 Å². The van der Waals surface area contributed by atoms with Gasteiger partial charge in [-0.05, 0) is 6.42 Å². The van der Waals surface area contributed by atoms with Crippen molar-refractivity contribution in [3.63, 3.8) is 0 Å². The molecule has 124 valence electrons. The van der Waals surface area contributed by atoms with Crippen LogP contribution in [-0.4, -0.2) is 44.8 Å². The number of aromatic amines is 1. The molecule has 0 aromatic carbocycles. The second-order valence-electron chi connectivity index (χ2n) is 5.07. The van der Waals surface area contributed by atoms with Crippen molar-refractivity contribution in [2.75, 3.05) is 13.1 Å². The first-order valence-electron chi connectivity index (χ1n) is 6.10. The zero-order chi connectivity index (χ0) is 16.8. The summed E-state index contributed by atoms with van der Waals surface area (Å²) in [4.78, 5) is 17.5. The molecule has 2 rings (SSSR count). The summed E-state index contributed by atoms with van der Waals surface area (Å²) in [5.41, 5.74) is -5.38. The van der Waals surface area contributed by atoms with Gasteiger partial charge in [0.2, 0.25) is 0 Å². The van der Waals surface area contributed by atoms with Gasteiger partial charge in [0.15, 0.2) is 11.3 Å². The molecule has 5 nitrogen and oxygen atoms in total. The highest BCUT2D eigenvalue weighted by Crippen LogP contribution is 2.37. The summed E-state index contributed by atoms with van der Waals surface area (Å²) in [6.07, 6.45) is -10.3. The number of hydrogen-bond acceptors (Lipinski definition) is 4. The molecule has 1 aliphatic rings. The highest BCUT2D eigenvalue weighted by Gasteiger charge is 2.56. The number of nitrogens with one attached hydrogen (secondary N) is 1. The van der Waals surface area contributed by atoms with Crippen molar-refractivity contribution in [2.24, 2.45) is 0 Å². The lowest BCUT2D eigenvalue weighted by Crippen LogP contribution is -2.47. The summed E-state index contributed by atoms with van der Waals surface area (Å²) < 4.78 is 75.5. The monoisotopic (exact) mass is 331 g/mol. The Labute approximate surface area is 119 Å². The molecule has 1 aliphatic heterocycles. The van der Waals surface area contributed by atoms with Crippen LogP contribution in [-0.2, 0) is 12.7 Å². The molecule has 1 aromatic heterocycles. The van der Waals surface area contributed by atoms with Gasteiger partial charge in [-0.25, -0.2) is 4.98 Å². The van der Waals surface area contributed by atoms with E-state index in [0.717, 1.165) is 4.90 Å². The van der Waals surface area contributed by atoms with Crippen LogP contribution in [0.2, 0.25) is 0 Å². The maximum Gasteiger partial charge on any atom is 0.433 e. The molecule has 1 atom stereocenters. The van der Waals surface area contributed by atoms with Crippen molar-refractivity contribution < 1.29 is 31.4 Å². The van der Waals surface area contributed by atoms with Gasteiger partial charge in [0.05, 0.1) is 6.54 Å². The minimum absolute atomic E-state index is 0.185. The number of aliphatic hydroxyl groups is 1. The minimum Gasteiger partial charge on any atom is -0.379 e. The van der Waals surface area contributed by atoms with E-state index in [4.69, 9.17) is 0 Å². The molecular weight excluding hydrogens is 320 g/mol. The molecule has 0 spiro atoms. The van der Waals surface area contributed by atoms with E-state index in [2.05, 4.69) is 4.98 Å². The number of halogens is 6. The number of alkyl halides is 6. The predicted molar refractivity (Wildman–Crippen MR) is 60.8 cm³/mol. The molecule has 11 heteroatoms. The Bertz CT molecular complexity index is 611. The molecule has 1 saturated heterocycles. The van der Waals surface area contributed by atoms with Gasteiger partial charge in [-0.2, -0.15) is 26.3 Å². The van der Waals surface area contributed by atoms with Crippen LogP contribution in [0.1, 0.15) is 17.9 Å². The van der Waals surface area contributed by atoms with Crippen LogP contribution in [0, 0.1) is 0 Å². The number of nitrogens with zero attached hydrogens (tertiary/aromatic N) is 2. The van der Waals surface area contributed by atoms with Gasteiger partial charge in [-0.1, -0.05) is 0 Å². The first kappa shape index (κ1) is 16.7. The van der Waals surface area contributed by atoms with Crippen LogP contribution >= 0.6 is 0 Å². The molecule has 0 amide bonds. The van der Waals surface area contributed by atoms with Crippen LogP contribution in [0.15, 0.2) is 10.9 Å². The largest absolute Gasteiger partial charge is 0.433 e. The fourth-order valence-electron chi connectivity index (χ4n) is 2.18. The number of H-pyrrole nitrogens is 1. The van der Waals surface area contributed by atoms with Gasteiger partial charge >= 0.3 is 12.4 Å². The Kier molecular flexibility index (Phi) is 3.98. The first-order valence-corrected chi connectivity index (χ1v) is 6.10. The third-order valence-electron chi connectivity index (χ3n) is 3.31. The van der Waals surface area contributed by atoms with E-state index in [0.29, 0.717) is 0 Å². The topological polar surface area (TPSA) is 69.2 Å². The van der Waals surface area contributed by atoms with Crippen LogP contribution in [0.3, 0.4) is 0 Å². The third kappa shape index (κ3) is 3.40. The number of β-amino-alcohol motifs (C(OH)–C–C–N with tert-alkyl or cyclic N) is 1. The Morgan fingerprint density at radius 3 is 2.45 bits per heavy atom. The molecule has 0 bridgehead atoms. The summed E-state index contributed by atoms with van der Waals surface area (Å²) in [6.45, 7) is -1.41. The molecule has 2 N–H and O–H groups in total. The van der Waals surface area contributed by atoms with Crippen LogP contribution in [0.4, 0.5) is 26.3 Å². The van der Waals surface area contributed by atoms with E-state index >= 15 is 0 Å². The summed E-state index contributed by atoms with van der Waals surface area (Å²) in [5.74, 6) is -0.411. The van der Waals surface area contributed by atoms with Gasteiger partial charge in [-0.15, -0.1) is 0 Å². The van der Waals surface area contributed by atoms with E-state index in [1.807, 2.05) is 4.98 Å². The maximum absolute atomic E-state index is 12.6. The van der Waals surface area contributed by atoms with Crippen molar-refractivity contribution in [2.45, 2.75) is 30.9 Å². The fourth-order valence-corrected chi connectivity index (χ4v) is 2.18. The second-order valence-corrected chi connectivity index (χ2v) is 5.07. The molecule has 0 saturated carbocycles. The van der Waals surface area contributed by atoms with Gasteiger partial charge in [-0.3, -0.25) is 9.69 Å². The van der Waals surface area contributed by atoms with Crippen molar-refractivity contribution in [3.05, 3.63) is 27.9 Å². The quantitative estimate of drug-likeness (QED) is 0.802. The fraction of sp³-hybridized carbons (Fsp3) is 0.636. The molecule has 0 aliphatic carbocycles. The van der Waals surface area contributed by atoms with Crippen molar-refractivity contribution in [1.29, 1.82) is 0 Å². The number of rotatable bonds is 2. The summed E-state index contributed by atoms with van der Waals surface area (Å²) >= 11 is 0. The predicted octanol–water partition coefficient (Wildman–Crippen LogP) is 1.29. The highest BCUT2D eigenvalue weighted by molar-refractivity contribution is 5.07. The van der Waals surface area contributed by atoms with Gasteiger partial charge in [0.25, 0.3) is 5.56 Å². The standard InChI is InChI=1S/C11H11F6N3O2/c12-10(13,14)6-3-8(21)19-7(18-6)4-20-2-1-9(22,5-20)11(15,16)17/h3,22H,1-2,4-5H2,(H,18,19,21). The van der Waals surface area contributed by atoms with E-state index in [-0.39, 0.29) is 12.6 Å². The second kappa shape index (κ2) is 5.23. The molecule has 22 heavy (non-hydrogen) atoms. The van der Waals surface area contributed by atoms with E-state index < -0.39 is 54.5 Å². The summed E-state index contributed by atoms with van der Waals surface area (Å²) in [6, 6.07) is 0.263. The smallest absolute Gasteiger partial charge is 0.379 e. The lowest BCUT2D eigenvalue weighted by atomic mass is 10.0. The Morgan fingerprint density at radius 1 is 1.32 bits per heavy atom. The highest BCUT2D eigenvalue weighted by atomic mass is 19.4. The van der Waals surface area contributed by atoms with E-state index in [9.17, 15) is 36.2 Å². The lowest BCUT2D eigenvalue weighted by molar-refractivity contribution is -0.254. The van der Waals surface area contributed by atoms with Crippen molar-refractivity contribution >= 4 is 0 Å². The zero-order valence-corrected chi connectivity index (χ0v) is 10.9. The van der Waals surface area contributed by atoms with Gasteiger partial charge in [0.1, 0.15) is 5.82 Å². The maximum atomic E-state index is 12.6. The number of likely N-dealkylation sites (tertiary alicyclic amines) is 1. The summed E-state index contributed by atoms with van der Waals surface area (Å²) in [5, 5.41) is 9.48. The van der Waals surface area contributed by atoms with Gasteiger partial charge in [0, 0.05) is 19.2 Å². The molecule has 1 fully saturated rings. The van der Waals surface area contributed by atoms with Crippen molar-refractivity contribution in [1.82, 2.24) is 14.9 Å². The average Bonchev–Trinajstić information content (AvgIpc) is 2.69. The van der Waals surface area contributed by atoms with Crippen molar-refractivity contribution in [3.8, 4) is 0 Å². The Hall–Kier alpha value is -1.62.